The summed E-state index contributed by atoms with van der Waals surface area (Å²) in [7, 11) is 1.61. The van der Waals surface area contributed by atoms with Gasteiger partial charge in [0.1, 0.15) is 5.75 Å². The summed E-state index contributed by atoms with van der Waals surface area (Å²) in [6.07, 6.45) is 0.199. The van der Waals surface area contributed by atoms with E-state index in [1.54, 1.807) is 19.2 Å². The zero-order valence-corrected chi connectivity index (χ0v) is 13.0. The van der Waals surface area contributed by atoms with Crippen LogP contribution in [0.4, 0.5) is 0 Å². The van der Waals surface area contributed by atoms with E-state index in [9.17, 15) is 4.79 Å². The van der Waals surface area contributed by atoms with E-state index < -0.39 is 0 Å². The van der Waals surface area contributed by atoms with Gasteiger partial charge in [-0.2, -0.15) is 0 Å². The van der Waals surface area contributed by atoms with Gasteiger partial charge >= 0.3 is 0 Å². The molecular formula is C16H15Cl2NO2. The van der Waals surface area contributed by atoms with Crippen molar-refractivity contribution in [3.05, 3.63) is 63.6 Å². The lowest BCUT2D eigenvalue weighted by molar-refractivity contribution is -0.118. The van der Waals surface area contributed by atoms with Gasteiger partial charge in [0.05, 0.1) is 17.2 Å². The number of halogens is 2. The van der Waals surface area contributed by atoms with Crippen LogP contribution in [-0.2, 0) is 4.79 Å². The monoisotopic (exact) mass is 323 g/mol. The molecule has 0 saturated carbocycles. The number of methoxy groups -OCH3 is 1. The number of carbonyl (C=O) groups excluding carboxylic acids is 1. The largest absolute Gasteiger partial charge is 0.497 e. The third-order valence-electron chi connectivity index (χ3n) is 3.27. The van der Waals surface area contributed by atoms with Crippen molar-refractivity contribution in [2.24, 2.45) is 5.73 Å². The SMILES string of the molecule is COc1ccc(C(CC(N)=O)c2ccc(Cl)c(Cl)c2)cc1. The number of amides is 1. The Morgan fingerprint density at radius 2 is 1.71 bits per heavy atom. The molecule has 1 unspecified atom stereocenters. The van der Waals surface area contributed by atoms with Crippen molar-refractivity contribution in [3.8, 4) is 5.75 Å². The summed E-state index contributed by atoms with van der Waals surface area (Å²) in [5, 5.41) is 0.935. The molecule has 2 N–H and O–H groups in total. The summed E-state index contributed by atoms with van der Waals surface area (Å²) >= 11 is 12.0. The number of primary amides is 1. The standard InChI is InChI=1S/C16H15Cl2NO2/c1-21-12-5-2-10(3-6-12)13(9-16(19)20)11-4-7-14(17)15(18)8-11/h2-8,13H,9H2,1H3,(H2,19,20). The molecule has 2 rings (SSSR count). The summed E-state index contributed by atoms with van der Waals surface area (Å²) < 4.78 is 5.14. The molecule has 0 saturated heterocycles. The van der Waals surface area contributed by atoms with Crippen LogP contribution in [-0.4, -0.2) is 13.0 Å². The van der Waals surface area contributed by atoms with Gasteiger partial charge in [0.25, 0.3) is 0 Å². The molecule has 0 spiro atoms. The fourth-order valence-electron chi connectivity index (χ4n) is 2.19. The van der Waals surface area contributed by atoms with Crippen LogP contribution in [0.5, 0.6) is 5.75 Å². The van der Waals surface area contributed by atoms with E-state index in [0.717, 1.165) is 16.9 Å². The van der Waals surface area contributed by atoms with E-state index in [2.05, 4.69) is 0 Å². The Balaban J connectivity index is 2.41. The number of benzene rings is 2. The molecule has 5 heteroatoms. The first-order chi connectivity index (χ1) is 10.0. The van der Waals surface area contributed by atoms with Crippen LogP contribution < -0.4 is 10.5 Å². The molecule has 0 aliphatic heterocycles. The summed E-state index contributed by atoms with van der Waals surface area (Å²) in [4.78, 5) is 11.4. The lowest BCUT2D eigenvalue weighted by atomic mass is 9.88. The van der Waals surface area contributed by atoms with E-state index in [0.29, 0.717) is 10.0 Å². The molecule has 0 heterocycles. The highest BCUT2D eigenvalue weighted by atomic mass is 35.5. The van der Waals surface area contributed by atoms with E-state index in [4.69, 9.17) is 33.7 Å². The van der Waals surface area contributed by atoms with Gasteiger partial charge in [-0.3, -0.25) is 4.79 Å². The van der Waals surface area contributed by atoms with Crippen LogP contribution in [0.2, 0.25) is 10.0 Å². The van der Waals surface area contributed by atoms with Crippen molar-refractivity contribution in [1.82, 2.24) is 0 Å². The second-order valence-corrected chi connectivity index (χ2v) is 5.48. The molecule has 0 fully saturated rings. The Kier molecular flexibility index (Phi) is 5.10. The normalized spacial score (nSPS) is 12.0. The van der Waals surface area contributed by atoms with Gasteiger partial charge in [0, 0.05) is 12.3 Å². The molecule has 3 nitrogen and oxygen atoms in total. The first kappa shape index (κ1) is 15.7. The van der Waals surface area contributed by atoms with Crippen molar-refractivity contribution < 1.29 is 9.53 Å². The Hall–Kier alpha value is -1.71. The molecule has 0 aromatic heterocycles. The predicted octanol–water partition coefficient (Wildman–Crippen LogP) is 4.01. The van der Waals surface area contributed by atoms with Crippen LogP contribution in [0, 0.1) is 0 Å². The minimum absolute atomic E-state index is 0.164. The highest BCUT2D eigenvalue weighted by Crippen LogP contribution is 2.33. The molecule has 110 valence electrons. The topological polar surface area (TPSA) is 52.3 Å². The van der Waals surface area contributed by atoms with Crippen LogP contribution >= 0.6 is 23.2 Å². The molecule has 2 aromatic rings. The average Bonchev–Trinajstić information content (AvgIpc) is 2.48. The fraction of sp³-hybridized carbons (Fsp3) is 0.188. The van der Waals surface area contributed by atoms with Gasteiger partial charge in [-0.25, -0.2) is 0 Å². The molecule has 2 aromatic carbocycles. The summed E-state index contributed by atoms with van der Waals surface area (Å²) in [6, 6.07) is 12.9. The first-order valence-corrected chi connectivity index (χ1v) is 7.14. The Bertz CT molecular complexity index is 641. The number of hydrogen-bond acceptors (Lipinski definition) is 2. The van der Waals surface area contributed by atoms with Gasteiger partial charge < -0.3 is 10.5 Å². The first-order valence-electron chi connectivity index (χ1n) is 6.38. The number of hydrogen-bond donors (Lipinski definition) is 1. The van der Waals surface area contributed by atoms with Crippen molar-refractivity contribution in [1.29, 1.82) is 0 Å². The van der Waals surface area contributed by atoms with Crippen LogP contribution in [0.1, 0.15) is 23.5 Å². The van der Waals surface area contributed by atoms with Crippen molar-refractivity contribution in [2.45, 2.75) is 12.3 Å². The van der Waals surface area contributed by atoms with Crippen molar-refractivity contribution in [3.63, 3.8) is 0 Å². The molecule has 1 amide bonds. The predicted molar refractivity (Wildman–Crippen MR) is 85.1 cm³/mol. The molecule has 0 bridgehead atoms. The number of carbonyl (C=O) groups is 1. The Morgan fingerprint density at radius 1 is 1.10 bits per heavy atom. The van der Waals surface area contributed by atoms with Gasteiger partial charge in [-0.05, 0) is 35.4 Å². The second kappa shape index (κ2) is 6.83. The number of nitrogens with two attached hydrogens (primary N) is 1. The Labute approximate surface area is 133 Å². The highest BCUT2D eigenvalue weighted by Gasteiger charge is 2.18. The number of rotatable bonds is 5. The van der Waals surface area contributed by atoms with Crippen molar-refractivity contribution >= 4 is 29.1 Å². The minimum Gasteiger partial charge on any atom is -0.497 e. The molecule has 0 radical (unpaired) electrons. The van der Waals surface area contributed by atoms with Crippen LogP contribution in [0.3, 0.4) is 0 Å². The quantitative estimate of drug-likeness (QED) is 0.903. The minimum atomic E-state index is -0.373. The Morgan fingerprint density at radius 3 is 2.24 bits per heavy atom. The second-order valence-electron chi connectivity index (χ2n) is 4.67. The molecule has 1 atom stereocenters. The summed E-state index contributed by atoms with van der Waals surface area (Å²) in [5.74, 6) is 0.218. The van der Waals surface area contributed by atoms with Gasteiger partial charge in [0.2, 0.25) is 5.91 Å². The molecule has 21 heavy (non-hydrogen) atoms. The van der Waals surface area contributed by atoms with E-state index in [1.165, 1.54) is 0 Å². The highest BCUT2D eigenvalue weighted by molar-refractivity contribution is 6.42. The van der Waals surface area contributed by atoms with Gasteiger partial charge in [-0.15, -0.1) is 0 Å². The van der Waals surface area contributed by atoms with Crippen LogP contribution in [0.25, 0.3) is 0 Å². The number of ether oxygens (including phenoxy) is 1. The van der Waals surface area contributed by atoms with Gasteiger partial charge in [-0.1, -0.05) is 41.4 Å². The molecular weight excluding hydrogens is 309 g/mol. The maximum absolute atomic E-state index is 11.4. The molecule has 0 aliphatic carbocycles. The zero-order valence-electron chi connectivity index (χ0n) is 11.5. The van der Waals surface area contributed by atoms with E-state index >= 15 is 0 Å². The smallest absolute Gasteiger partial charge is 0.218 e. The fourth-order valence-corrected chi connectivity index (χ4v) is 2.50. The lowest BCUT2D eigenvalue weighted by Crippen LogP contribution is -2.16. The maximum Gasteiger partial charge on any atom is 0.218 e. The summed E-state index contributed by atoms with van der Waals surface area (Å²) in [6.45, 7) is 0. The maximum atomic E-state index is 11.4. The molecule has 0 aliphatic rings. The average molecular weight is 324 g/mol. The lowest BCUT2D eigenvalue weighted by Gasteiger charge is -2.17. The zero-order chi connectivity index (χ0) is 15.4. The third kappa shape index (κ3) is 3.90. The van der Waals surface area contributed by atoms with E-state index in [1.807, 2.05) is 30.3 Å². The summed E-state index contributed by atoms with van der Waals surface area (Å²) in [5.41, 5.74) is 7.23. The van der Waals surface area contributed by atoms with E-state index in [-0.39, 0.29) is 18.2 Å². The van der Waals surface area contributed by atoms with Crippen molar-refractivity contribution in [2.75, 3.05) is 7.11 Å². The van der Waals surface area contributed by atoms with Crippen LogP contribution in [0.15, 0.2) is 42.5 Å². The van der Waals surface area contributed by atoms with Gasteiger partial charge in [0.15, 0.2) is 0 Å². The third-order valence-corrected chi connectivity index (χ3v) is 4.01.